The summed E-state index contributed by atoms with van der Waals surface area (Å²) in [5.74, 6) is 7.75. The van der Waals surface area contributed by atoms with Crippen LogP contribution in [0.3, 0.4) is 0 Å². The van der Waals surface area contributed by atoms with Gasteiger partial charge in [-0.1, -0.05) is 42.3 Å². The van der Waals surface area contributed by atoms with Crippen LogP contribution in [0.2, 0.25) is 0 Å². The summed E-state index contributed by atoms with van der Waals surface area (Å²) in [6, 6.07) is 19.4. The number of hydrogen-bond acceptors (Lipinski definition) is 2. The molecule has 0 bridgehead atoms. The van der Waals surface area contributed by atoms with Crippen molar-refractivity contribution in [3.8, 4) is 23.3 Å². The monoisotopic (exact) mass is 298 g/mol. The van der Waals surface area contributed by atoms with Gasteiger partial charge in [-0.2, -0.15) is 0 Å². The number of para-hydroxylation sites is 2. The van der Waals surface area contributed by atoms with Gasteiger partial charge in [-0.15, -0.1) is 5.92 Å². The quantitative estimate of drug-likeness (QED) is 0.554. The van der Waals surface area contributed by atoms with Crippen LogP contribution in [0.25, 0.3) is 0 Å². The largest absolute Gasteiger partial charge is 0.438 e. The van der Waals surface area contributed by atoms with E-state index >= 15 is 0 Å². The summed E-state index contributed by atoms with van der Waals surface area (Å²) in [4.78, 5) is 0. The highest BCUT2D eigenvalue weighted by molar-refractivity contribution is 7.50. The molecular weight excluding hydrogens is 279 g/mol. The zero-order chi connectivity index (χ0) is 15.1. The van der Waals surface area contributed by atoms with Gasteiger partial charge in [0.05, 0.1) is 0 Å². The predicted octanol–water partition coefficient (Wildman–Crippen LogP) is 5.26. The Morgan fingerprint density at radius 2 is 1.24 bits per heavy atom. The highest BCUT2D eigenvalue weighted by Crippen LogP contribution is 2.51. The summed E-state index contributed by atoms with van der Waals surface area (Å²) in [6.07, 6.45) is 0. The molecule has 0 fully saturated rings. The van der Waals surface area contributed by atoms with E-state index in [-0.39, 0.29) is 5.16 Å². The maximum Gasteiger partial charge on any atom is 0.309 e. The van der Waals surface area contributed by atoms with E-state index in [1.165, 1.54) is 0 Å². The summed E-state index contributed by atoms with van der Waals surface area (Å²) in [5.41, 5.74) is 0. The van der Waals surface area contributed by atoms with Gasteiger partial charge in [0.1, 0.15) is 16.7 Å². The van der Waals surface area contributed by atoms with Gasteiger partial charge >= 0.3 is 8.38 Å². The molecule has 0 saturated heterocycles. The zero-order valence-electron chi connectivity index (χ0n) is 12.5. The molecule has 0 spiro atoms. The van der Waals surface area contributed by atoms with Crippen molar-refractivity contribution in [1.29, 1.82) is 0 Å². The van der Waals surface area contributed by atoms with E-state index in [4.69, 9.17) is 9.05 Å². The molecule has 3 heteroatoms. The second kappa shape index (κ2) is 7.16. The lowest BCUT2D eigenvalue weighted by atomic mass is 10.2. The van der Waals surface area contributed by atoms with E-state index in [2.05, 4.69) is 11.8 Å². The second-order valence-electron chi connectivity index (χ2n) is 5.00. The Labute approximate surface area is 128 Å². The minimum atomic E-state index is -1.24. The Bertz CT molecular complexity index is 570. The van der Waals surface area contributed by atoms with E-state index in [1.54, 1.807) is 0 Å². The molecule has 0 aromatic heterocycles. The van der Waals surface area contributed by atoms with Crippen molar-refractivity contribution in [2.75, 3.05) is 0 Å². The third-order valence-electron chi connectivity index (χ3n) is 2.75. The molecule has 0 unspecified atom stereocenters. The maximum atomic E-state index is 6.08. The van der Waals surface area contributed by atoms with Crippen LogP contribution in [-0.4, -0.2) is 5.16 Å². The fourth-order valence-corrected chi connectivity index (χ4v) is 3.08. The zero-order valence-corrected chi connectivity index (χ0v) is 13.4. The van der Waals surface area contributed by atoms with E-state index in [0.717, 1.165) is 11.5 Å². The van der Waals surface area contributed by atoms with Crippen molar-refractivity contribution >= 4 is 8.38 Å². The molecular formula is C18H19O2P. The van der Waals surface area contributed by atoms with Crippen molar-refractivity contribution in [3.63, 3.8) is 0 Å². The predicted molar refractivity (Wildman–Crippen MR) is 88.6 cm³/mol. The smallest absolute Gasteiger partial charge is 0.309 e. The molecule has 2 aromatic carbocycles. The summed E-state index contributed by atoms with van der Waals surface area (Å²) < 4.78 is 12.2. The molecule has 0 aliphatic rings. The van der Waals surface area contributed by atoms with Gasteiger partial charge in [-0.05, 0) is 45.0 Å². The van der Waals surface area contributed by atoms with Crippen LogP contribution in [0.5, 0.6) is 11.5 Å². The van der Waals surface area contributed by atoms with Gasteiger partial charge in [-0.25, -0.2) is 0 Å². The molecule has 0 aliphatic heterocycles. The molecule has 0 aliphatic carbocycles. The molecule has 2 aromatic rings. The summed E-state index contributed by atoms with van der Waals surface area (Å²) >= 11 is 0. The van der Waals surface area contributed by atoms with E-state index in [0.29, 0.717) is 0 Å². The molecule has 21 heavy (non-hydrogen) atoms. The molecule has 2 nitrogen and oxygen atoms in total. The van der Waals surface area contributed by atoms with Crippen LogP contribution in [-0.2, 0) is 0 Å². The first kappa shape index (κ1) is 15.4. The molecule has 108 valence electrons. The average molecular weight is 298 g/mol. The Balaban J connectivity index is 2.23. The molecule has 0 heterocycles. The molecule has 0 saturated carbocycles. The van der Waals surface area contributed by atoms with Crippen LogP contribution >= 0.6 is 8.38 Å². The maximum absolute atomic E-state index is 6.08. The van der Waals surface area contributed by atoms with Gasteiger partial charge in [0.25, 0.3) is 0 Å². The Kier molecular flexibility index (Phi) is 5.26. The summed E-state index contributed by atoms with van der Waals surface area (Å²) in [7, 11) is -1.24. The van der Waals surface area contributed by atoms with E-state index in [1.807, 2.05) is 81.4 Å². The fraction of sp³-hybridized carbons (Fsp3) is 0.222. The van der Waals surface area contributed by atoms with Gasteiger partial charge in [0.2, 0.25) is 0 Å². The minimum absolute atomic E-state index is 0.365. The Hall–Kier alpha value is -1.97. The summed E-state index contributed by atoms with van der Waals surface area (Å²) in [5, 5.41) is -0.365. The number of hydrogen-bond donors (Lipinski definition) is 0. The van der Waals surface area contributed by atoms with Crippen molar-refractivity contribution in [1.82, 2.24) is 0 Å². The summed E-state index contributed by atoms with van der Waals surface area (Å²) in [6.45, 7) is 5.92. The van der Waals surface area contributed by atoms with Crippen LogP contribution in [0.4, 0.5) is 0 Å². The molecule has 2 rings (SSSR count). The van der Waals surface area contributed by atoms with Crippen molar-refractivity contribution in [2.24, 2.45) is 0 Å². The first-order valence-electron chi connectivity index (χ1n) is 6.82. The third kappa shape index (κ3) is 4.52. The molecule has 0 atom stereocenters. The SMILES string of the molecule is CC#CC(C)(C)P(Oc1ccccc1)Oc1ccccc1. The lowest BCUT2D eigenvalue weighted by molar-refractivity contribution is 0.467. The molecule has 0 radical (unpaired) electrons. The first-order chi connectivity index (χ1) is 10.1. The molecule has 0 amide bonds. The van der Waals surface area contributed by atoms with Gasteiger partial charge in [0.15, 0.2) is 0 Å². The topological polar surface area (TPSA) is 18.5 Å². The van der Waals surface area contributed by atoms with Crippen LogP contribution < -0.4 is 9.05 Å². The normalized spacial score (nSPS) is 10.7. The van der Waals surface area contributed by atoms with Gasteiger partial charge in [-0.3, -0.25) is 0 Å². The van der Waals surface area contributed by atoms with Crippen LogP contribution in [0.15, 0.2) is 60.7 Å². The van der Waals surface area contributed by atoms with Crippen molar-refractivity contribution in [3.05, 3.63) is 60.7 Å². The standard InChI is InChI=1S/C18H19O2P/c1-4-15-18(2,3)21(19-16-11-7-5-8-12-16)20-17-13-9-6-10-14-17/h5-14H,1-3H3. The fourth-order valence-electron chi connectivity index (χ4n) is 1.75. The van der Waals surface area contributed by atoms with Gasteiger partial charge in [0, 0.05) is 0 Å². The number of rotatable bonds is 5. The number of benzene rings is 2. The van der Waals surface area contributed by atoms with Crippen LogP contribution in [0.1, 0.15) is 20.8 Å². The minimum Gasteiger partial charge on any atom is -0.438 e. The van der Waals surface area contributed by atoms with Gasteiger partial charge < -0.3 is 9.05 Å². The average Bonchev–Trinajstić information content (AvgIpc) is 2.49. The lowest BCUT2D eigenvalue weighted by Crippen LogP contribution is -2.20. The Morgan fingerprint density at radius 1 is 0.810 bits per heavy atom. The van der Waals surface area contributed by atoms with Crippen molar-refractivity contribution < 1.29 is 9.05 Å². The second-order valence-corrected chi connectivity index (χ2v) is 7.00. The van der Waals surface area contributed by atoms with Crippen LogP contribution in [0, 0.1) is 11.8 Å². The highest BCUT2D eigenvalue weighted by atomic mass is 31.2. The van der Waals surface area contributed by atoms with Crippen molar-refractivity contribution in [2.45, 2.75) is 25.9 Å². The Morgan fingerprint density at radius 3 is 1.62 bits per heavy atom. The lowest BCUT2D eigenvalue weighted by Gasteiger charge is -2.28. The highest BCUT2D eigenvalue weighted by Gasteiger charge is 2.34. The van der Waals surface area contributed by atoms with E-state index in [9.17, 15) is 0 Å². The van der Waals surface area contributed by atoms with E-state index < -0.39 is 8.38 Å². The molecule has 0 N–H and O–H groups in total. The third-order valence-corrected chi connectivity index (χ3v) is 4.53. The first-order valence-corrected chi connectivity index (χ1v) is 8.00.